The number of anilines is 1. The molecule has 9 heteroatoms. The van der Waals surface area contributed by atoms with Gasteiger partial charge in [-0.2, -0.15) is 5.10 Å². The molecule has 4 aromatic rings. The van der Waals surface area contributed by atoms with E-state index in [1.807, 2.05) is 38.5 Å². The molecule has 1 amide bonds. The van der Waals surface area contributed by atoms with Gasteiger partial charge in [-0.25, -0.2) is 19.3 Å². The van der Waals surface area contributed by atoms with Crippen molar-refractivity contribution in [2.24, 2.45) is 7.05 Å². The molecule has 0 spiro atoms. The summed E-state index contributed by atoms with van der Waals surface area (Å²) in [5.74, 6) is -0.649. The number of hydrogen-bond donors (Lipinski definition) is 0. The largest absolute Gasteiger partial charge is 0.287 e. The molecule has 0 N–H and O–H groups in total. The Labute approximate surface area is 177 Å². The minimum Gasteiger partial charge on any atom is -0.287 e. The van der Waals surface area contributed by atoms with Crippen LogP contribution in [0.25, 0.3) is 22.6 Å². The molecule has 0 radical (unpaired) electrons. The van der Waals surface area contributed by atoms with Crippen LogP contribution < -0.4 is 4.90 Å². The number of amides is 1. The molecule has 30 heavy (non-hydrogen) atoms. The summed E-state index contributed by atoms with van der Waals surface area (Å²) in [5, 5.41) is 6.50. The Morgan fingerprint density at radius 3 is 2.47 bits per heavy atom. The number of nitrogens with zero attached hydrogens (tertiary/aromatic N) is 6. The van der Waals surface area contributed by atoms with Gasteiger partial charge in [-0.15, -0.1) is 11.3 Å². The van der Waals surface area contributed by atoms with Crippen molar-refractivity contribution in [3.8, 4) is 22.6 Å². The van der Waals surface area contributed by atoms with Crippen LogP contribution in [0.1, 0.15) is 24.2 Å². The number of halogens is 1. The van der Waals surface area contributed by atoms with Gasteiger partial charge in [0.25, 0.3) is 5.91 Å². The van der Waals surface area contributed by atoms with Crippen LogP contribution in [0, 0.1) is 5.82 Å². The molecular formula is C21H21FN6OS. The van der Waals surface area contributed by atoms with E-state index in [1.54, 1.807) is 17.9 Å². The van der Waals surface area contributed by atoms with Crippen LogP contribution in [0.4, 0.5) is 9.52 Å². The van der Waals surface area contributed by atoms with E-state index in [-0.39, 0.29) is 11.7 Å². The molecule has 0 saturated heterocycles. The highest BCUT2D eigenvalue weighted by molar-refractivity contribution is 7.14. The molecule has 0 aliphatic rings. The smallest absolute Gasteiger partial charge is 0.259 e. The van der Waals surface area contributed by atoms with Gasteiger partial charge in [-0.1, -0.05) is 13.8 Å². The zero-order chi connectivity index (χ0) is 21.7. The maximum Gasteiger partial charge on any atom is 0.259 e. The van der Waals surface area contributed by atoms with E-state index < -0.39 is 0 Å². The maximum absolute atomic E-state index is 13.1. The lowest BCUT2D eigenvalue weighted by molar-refractivity contribution is 0.0993. The summed E-state index contributed by atoms with van der Waals surface area (Å²) in [4.78, 5) is 27.1. The molecule has 154 valence electrons. The fraction of sp³-hybridized carbons (Fsp3) is 0.190. The first-order valence-corrected chi connectivity index (χ1v) is 10.2. The number of thiazole rings is 1. The van der Waals surface area contributed by atoms with Crippen molar-refractivity contribution in [1.29, 1.82) is 0 Å². The average molecular weight is 425 g/mol. The van der Waals surface area contributed by atoms with Gasteiger partial charge in [0, 0.05) is 36.8 Å². The lowest BCUT2D eigenvalue weighted by Gasteiger charge is -2.13. The number of benzene rings is 1. The summed E-state index contributed by atoms with van der Waals surface area (Å²) < 4.78 is 14.8. The number of aryl methyl sites for hydroxylation is 1. The van der Waals surface area contributed by atoms with Crippen molar-refractivity contribution < 1.29 is 9.18 Å². The minimum absolute atomic E-state index is 0.264. The number of carbonyl (C=O) groups excluding carboxylic acids is 1. The fourth-order valence-electron chi connectivity index (χ4n) is 2.62. The fourth-order valence-corrected chi connectivity index (χ4v) is 3.40. The van der Waals surface area contributed by atoms with Gasteiger partial charge < -0.3 is 0 Å². The number of aromatic nitrogens is 5. The van der Waals surface area contributed by atoms with Crippen LogP contribution in [0.15, 0.2) is 54.4 Å². The topological polar surface area (TPSA) is 76.8 Å². The van der Waals surface area contributed by atoms with Crippen LogP contribution in [-0.2, 0) is 7.05 Å². The summed E-state index contributed by atoms with van der Waals surface area (Å²) in [5.41, 5.74) is 3.31. The molecule has 1 aromatic carbocycles. The highest BCUT2D eigenvalue weighted by atomic mass is 32.1. The molecule has 4 rings (SSSR count). The van der Waals surface area contributed by atoms with Gasteiger partial charge in [0.15, 0.2) is 5.13 Å². The molecule has 7 nitrogen and oxygen atoms in total. The first kappa shape index (κ1) is 21.3. The predicted molar refractivity (Wildman–Crippen MR) is 116 cm³/mol. The maximum atomic E-state index is 13.1. The first-order chi connectivity index (χ1) is 14.5. The summed E-state index contributed by atoms with van der Waals surface area (Å²) in [6.45, 7) is 4.00. The summed E-state index contributed by atoms with van der Waals surface area (Å²) in [6, 6.07) is 7.25. The van der Waals surface area contributed by atoms with E-state index in [0.29, 0.717) is 22.1 Å². The van der Waals surface area contributed by atoms with Crippen LogP contribution >= 0.6 is 11.3 Å². The monoisotopic (exact) mass is 424 g/mol. The molecule has 0 unspecified atom stereocenters. The zero-order valence-electron chi connectivity index (χ0n) is 17.1. The number of rotatable bonds is 4. The van der Waals surface area contributed by atoms with Gasteiger partial charge in [-0.05, 0) is 30.3 Å². The Morgan fingerprint density at radius 2 is 1.80 bits per heavy atom. The third kappa shape index (κ3) is 4.57. The Morgan fingerprint density at radius 1 is 1.10 bits per heavy atom. The quantitative estimate of drug-likeness (QED) is 0.484. The second kappa shape index (κ2) is 9.36. The highest BCUT2D eigenvalue weighted by Gasteiger charge is 2.18. The van der Waals surface area contributed by atoms with Crippen molar-refractivity contribution >= 4 is 22.4 Å². The normalized spacial score (nSPS) is 10.3. The zero-order valence-corrected chi connectivity index (χ0v) is 17.9. The molecule has 0 aliphatic carbocycles. The van der Waals surface area contributed by atoms with Crippen LogP contribution in [0.5, 0.6) is 0 Å². The standard InChI is InChI=1S/C19H15FN6OS.C2H6/c1-25-9-13(8-23-25)15-7-16(22-11-21-15)17-10-28-19(24-17)26(2)18(27)12-3-5-14(20)6-4-12;1-2/h3-11H,1-2H3;1-2H3. The Hall–Kier alpha value is -3.46. The summed E-state index contributed by atoms with van der Waals surface area (Å²) in [7, 11) is 3.47. The van der Waals surface area contributed by atoms with Crippen molar-refractivity contribution in [3.63, 3.8) is 0 Å². The molecule has 0 atom stereocenters. The lowest BCUT2D eigenvalue weighted by atomic mass is 10.2. The molecule has 3 heterocycles. The van der Waals surface area contributed by atoms with E-state index in [2.05, 4.69) is 20.1 Å². The number of carbonyl (C=O) groups is 1. The van der Waals surface area contributed by atoms with E-state index in [4.69, 9.17) is 0 Å². The molecule has 0 saturated carbocycles. The van der Waals surface area contributed by atoms with Gasteiger partial charge in [-0.3, -0.25) is 14.4 Å². The van der Waals surface area contributed by atoms with Crippen LogP contribution in [0.3, 0.4) is 0 Å². The van der Waals surface area contributed by atoms with E-state index >= 15 is 0 Å². The third-order valence-corrected chi connectivity index (χ3v) is 5.02. The van der Waals surface area contributed by atoms with Gasteiger partial charge in [0.2, 0.25) is 0 Å². The van der Waals surface area contributed by atoms with E-state index in [1.165, 1.54) is 46.8 Å². The third-order valence-electron chi connectivity index (χ3n) is 4.10. The predicted octanol–water partition coefficient (Wildman–Crippen LogP) is 4.44. The molecule has 0 fully saturated rings. The molecule has 3 aromatic heterocycles. The first-order valence-electron chi connectivity index (χ1n) is 9.32. The second-order valence-electron chi connectivity index (χ2n) is 6.08. The molecule has 0 aliphatic heterocycles. The Kier molecular flexibility index (Phi) is 6.63. The van der Waals surface area contributed by atoms with Crippen molar-refractivity contribution in [2.45, 2.75) is 13.8 Å². The van der Waals surface area contributed by atoms with Crippen molar-refractivity contribution in [2.75, 3.05) is 11.9 Å². The highest BCUT2D eigenvalue weighted by Crippen LogP contribution is 2.28. The Bertz CT molecular complexity index is 1140. The number of hydrogen-bond acceptors (Lipinski definition) is 6. The van der Waals surface area contributed by atoms with Crippen LogP contribution in [-0.4, -0.2) is 37.7 Å². The lowest BCUT2D eigenvalue weighted by Crippen LogP contribution is -2.26. The van der Waals surface area contributed by atoms with Crippen molar-refractivity contribution in [1.82, 2.24) is 24.7 Å². The second-order valence-corrected chi connectivity index (χ2v) is 6.91. The van der Waals surface area contributed by atoms with Gasteiger partial charge in [0.05, 0.1) is 17.6 Å². The van der Waals surface area contributed by atoms with Gasteiger partial charge in [0.1, 0.15) is 17.8 Å². The van der Waals surface area contributed by atoms with Crippen LogP contribution in [0.2, 0.25) is 0 Å². The van der Waals surface area contributed by atoms with Gasteiger partial charge >= 0.3 is 0 Å². The SMILES string of the molecule is CC.CN(C(=O)c1ccc(F)cc1)c1nc(-c2cc(-c3cnn(C)c3)ncn2)cs1. The van der Waals surface area contributed by atoms with Crippen molar-refractivity contribution in [3.05, 3.63) is 65.8 Å². The van der Waals surface area contributed by atoms with E-state index in [0.717, 1.165) is 11.3 Å². The average Bonchev–Trinajstić information content (AvgIpc) is 3.44. The Balaban J connectivity index is 0.00000124. The summed E-state index contributed by atoms with van der Waals surface area (Å²) >= 11 is 1.33. The van der Waals surface area contributed by atoms with E-state index in [9.17, 15) is 9.18 Å². The summed E-state index contributed by atoms with van der Waals surface area (Å²) in [6.07, 6.45) is 5.07. The molecule has 0 bridgehead atoms. The minimum atomic E-state index is -0.385. The molecular weight excluding hydrogens is 403 g/mol.